The van der Waals surface area contributed by atoms with Crippen LogP contribution >= 0.6 is 0 Å². The molecule has 0 radical (unpaired) electrons. The van der Waals surface area contributed by atoms with Gasteiger partial charge in [-0.1, -0.05) is 0 Å². The summed E-state index contributed by atoms with van der Waals surface area (Å²) in [6.45, 7) is 0.110. The normalized spacial score (nSPS) is 11.4. The zero-order valence-electron chi connectivity index (χ0n) is 8.87. The molecular weight excluding hydrogens is 236 g/mol. The summed E-state index contributed by atoms with van der Waals surface area (Å²) < 4.78 is 23.2. The number of anilines is 1. The van der Waals surface area contributed by atoms with E-state index in [9.17, 15) is 18.5 Å². The lowest BCUT2D eigenvalue weighted by Crippen LogP contribution is -2.16. The number of aromatic nitrogens is 2. The van der Waals surface area contributed by atoms with Crippen molar-refractivity contribution in [2.24, 2.45) is 7.05 Å². The second-order valence-corrected chi connectivity index (χ2v) is 5.60. The first-order valence-electron chi connectivity index (χ1n) is 4.38. The van der Waals surface area contributed by atoms with Gasteiger partial charge < -0.3 is 15.4 Å². The molecule has 0 fully saturated rings. The van der Waals surface area contributed by atoms with Crippen LogP contribution in [0.3, 0.4) is 0 Å². The second-order valence-electron chi connectivity index (χ2n) is 3.34. The summed E-state index contributed by atoms with van der Waals surface area (Å²) in [4.78, 5) is 13.5. The van der Waals surface area contributed by atoms with Crippen LogP contribution in [0.15, 0.2) is 6.33 Å². The molecule has 0 atom stereocenters. The quantitative estimate of drug-likeness (QED) is 0.570. The molecule has 1 rings (SSSR count). The SMILES string of the molecule is Cn1cnc([N+](=O)[O-])c1NCCS(C)(=O)=O. The minimum Gasteiger partial charge on any atom is -0.363 e. The molecule has 9 heteroatoms. The minimum atomic E-state index is -3.09. The van der Waals surface area contributed by atoms with Crippen molar-refractivity contribution in [3.8, 4) is 0 Å². The van der Waals surface area contributed by atoms with Crippen molar-refractivity contribution in [1.82, 2.24) is 9.55 Å². The first-order chi connectivity index (χ1) is 7.31. The highest BCUT2D eigenvalue weighted by Crippen LogP contribution is 2.20. The molecule has 0 amide bonds. The molecule has 16 heavy (non-hydrogen) atoms. The fourth-order valence-electron chi connectivity index (χ4n) is 1.11. The molecule has 0 spiro atoms. The number of hydrogen-bond acceptors (Lipinski definition) is 6. The van der Waals surface area contributed by atoms with Crippen molar-refractivity contribution >= 4 is 21.5 Å². The summed E-state index contributed by atoms with van der Waals surface area (Å²) in [7, 11) is -1.50. The third kappa shape index (κ3) is 3.19. The monoisotopic (exact) mass is 248 g/mol. The third-order valence-electron chi connectivity index (χ3n) is 1.86. The van der Waals surface area contributed by atoms with Crippen LogP contribution < -0.4 is 5.32 Å². The second kappa shape index (κ2) is 4.47. The predicted octanol–water partition coefficient (Wildman–Crippen LogP) is -0.215. The van der Waals surface area contributed by atoms with Gasteiger partial charge in [-0.2, -0.15) is 0 Å². The van der Waals surface area contributed by atoms with Gasteiger partial charge in [0.25, 0.3) is 0 Å². The van der Waals surface area contributed by atoms with Gasteiger partial charge in [-0.25, -0.2) is 8.42 Å². The Morgan fingerprint density at radius 2 is 2.25 bits per heavy atom. The average molecular weight is 248 g/mol. The molecular formula is C7H12N4O4S. The van der Waals surface area contributed by atoms with Crippen molar-refractivity contribution < 1.29 is 13.3 Å². The summed E-state index contributed by atoms with van der Waals surface area (Å²) in [6.07, 6.45) is 2.40. The van der Waals surface area contributed by atoms with Crippen LogP contribution in [0.25, 0.3) is 0 Å². The summed E-state index contributed by atoms with van der Waals surface area (Å²) in [5.41, 5.74) is 0. The highest BCUT2D eigenvalue weighted by molar-refractivity contribution is 7.90. The van der Waals surface area contributed by atoms with Crippen LogP contribution in [0.2, 0.25) is 0 Å². The number of imidazole rings is 1. The van der Waals surface area contributed by atoms with E-state index in [0.29, 0.717) is 0 Å². The Balaban J connectivity index is 2.73. The Morgan fingerprint density at radius 3 is 2.75 bits per heavy atom. The van der Waals surface area contributed by atoms with Gasteiger partial charge in [-0.3, -0.25) is 4.57 Å². The van der Waals surface area contributed by atoms with Crippen LogP contribution in [0, 0.1) is 10.1 Å². The topological polar surface area (TPSA) is 107 Å². The van der Waals surface area contributed by atoms with Crippen molar-refractivity contribution in [2.45, 2.75) is 0 Å². The maximum absolute atomic E-state index is 10.9. The molecule has 1 aromatic rings. The fraction of sp³-hybridized carbons (Fsp3) is 0.571. The first-order valence-corrected chi connectivity index (χ1v) is 6.44. The summed E-state index contributed by atoms with van der Waals surface area (Å²) in [5, 5.41) is 13.2. The van der Waals surface area contributed by atoms with E-state index in [-0.39, 0.29) is 23.9 Å². The molecule has 90 valence electrons. The molecule has 0 bridgehead atoms. The van der Waals surface area contributed by atoms with E-state index in [1.54, 1.807) is 7.05 Å². The highest BCUT2D eigenvalue weighted by Gasteiger charge is 2.19. The van der Waals surface area contributed by atoms with Crippen LogP contribution in [-0.2, 0) is 16.9 Å². The Kier molecular flexibility index (Phi) is 3.48. The van der Waals surface area contributed by atoms with Gasteiger partial charge in [-0.05, 0) is 9.91 Å². The van der Waals surface area contributed by atoms with Crippen molar-refractivity contribution in [3.05, 3.63) is 16.4 Å². The number of hydrogen-bond donors (Lipinski definition) is 1. The smallest absolute Gasteiger partial charge is 0.363 e. The number of nitro groups is 1. The van der Waals surface area contributed by atoms with E-state index in [4.69, 9.17) is 0 Å². The molecule has 0 saturated carbocycles. The molecule has 0 aliphatic rings. The number of rotatable bonds is 5. The molecule has 1 N–H and O–H groups in total. The zero-order valence-corrected chi connectivity index (χ0v) is 9.69. The highest BCUT2D eigenvalue weighted by atomic mass is 32.2. The van der Waals surface area contributed by atoms with Gasteiger partial charge in [0.05, 0.1) is 5.75 Å². The minimum absolute atomic E-state index is 0.0880. The predicted molar refractivity (Wildman–Crippen MR) is 58.1 cm³/mol. The van der Waals surface area contributed by atoms with E-state index >= 15 is 0 Å². The van der Waals surface area contributed by atoms with Crippen LogP contribution in [0.1, 0.15) is 0 Å². The van der Waals surface area contributed by atoms with Gasteiger partial charge in [0.15, 0.2) is 0 Å². The molecule has 8 nitrogen and oxygen atoms in total. The Labute approximate surface area is 92.4 Å². The van der Waals surface area contributed by atoms with E-state index in [0.717, 1.165) is 6.26 Å². The van der Waals surface area contributed by atoms with E-state index in [2.05, 4.69) is 10.3 Å². The summed E-state index contributed by atoms with van der Waals surface area (Å²) >= 11 is 0. The van der Waals surface area contributed by atoms with Crippen molar-refractivity contribution in [1.29, 1.82) is 0 Å². The van der Waals surface area contributed by atoms with E-state index in [1.165, 1.54) is 10.9 Å². The van der Waals surface area contributed by atoms with Crippen molar-refractivity contribution in [3.63, 3.8) is 0 Å². The molecule has 1 heterocycles. The van der Waals surface area contributed by atoms with Gasteiger partial charge in [0.2, 0.25) is 12.1 Å². The van der Waals surface area contributed by atoms with Gasteiger partial charge in [-0.15, -0.1) is 0 Å². The van der Waals surface area contributed by atoms with Gasteiger partial charge >= 0.3 is 5.82 Å². The van der Waals surface area contributed by atoms with Crippen LogP contribution in [0.5, 0.6) is 0 Å². The molecule has 1 aromatic heterocycles. The number of nitrogens with one attached hydrogen (secondary N) is 1. The van der Waals surface area contributed by atoms with Crippen LogP contribution in [0.4, 0.5) is 11.6 Å². The third-order valence-corrected chi connectivity index (χ3v) is 2.80. The lowest BCUT2D eigenvalue weighted by molar-refractivity contribution is -0.388. The van der Waals surface area contributed by atoms with Gasteiger partial charge in [0, 0.05) is 19.8 Å². The number of nitrogens with zero attached hydrogens (tertiary/aromatic N) is 3. The summed E-state index contributed by atoms with van der Waals surface area (Å²) in [5.74, 6) is -0.195. The molecule has 0 unspecified atom stereocenters. The van der Waals surface area contributed by atoms with Crippen molar-refractivity contribution in [2.75, 3.05) is 23.9 Å². The zero-order chi connectivity index (χ0) is 12.3. The molecule has 0 saturated heterocycles. The lowest BCUT2D eigenvalue weighted by Gasteiger charge is -2.04. The van der Waals surface area contributed by atoms with Gasteiger partial charge in [0.1, 0.15) is 9.84 Å². The first kappa shape index (κ1) is 12.4. The lowest BCUT2D eigenvalue weighted by atomic mass is 10.6. The largest absolute Gasteiger partial charge is 0.406 e. The number of aryl methyl sites for hydroxylation is 1. The molecule has 0 aliphatic heterocycles. The number of sulfone groups is 1. The van der Waals surface area contributed by atoms with Crippen LogP contribution in [-0.4, -0.2) is 41.4 Å². The molecule has 0 aromatic carbocycles. The average Bonchev–Trinajstić information content (AvgIpc) is 2.46. The Hall–Kier alpha value is -1.64. The van der Waals surface area contributed by atoms with E-state index in [1.807, 2.05) is 0 Å². The van der Waals surface area contributed by atoms with E-state index < -0.39 is 14.8 Å². The Bertz CT molecular complexity index is 492. The Morgan fingerprint density at radius 1 is 1.62 bits per heavy atom. The maximum Gasteiger partial charge on any atom is 0.406 e. The fourth-order valence-corrected chi connectivity index (χ4v) is 1.58. The standard InChI is InChI=1S/C7H12N4O4S/c1-10-5-9-7(11(12)13)6(10)8-3-4-16(2,14)15/h5,8H,3-4H2,1-2H3. The summed E-state index contributed by atoms with van der Waals surface area (Å²) in [6, 6.07) is 0. The maximum atomic E-state index is 10.9. The molecule has 0 aliphatic carbocycles.